The van der Waals surface area contributed by atoms with Crippen LogP contribution in [0, 0.1) is 11.8 Å². The Morgan fingerprint density at radius 2 is 1.71 bits per heavy atom. The number of rotatable bonds is 9. The van der Waals surface area contributed by atoms with E-state index in [1.807, 2.05) is 24.3 Å². The number of alkyl carbamates (subject to hydrolysis) is 1. The number of aliphatic carboxylic acids is 1. The normalized spacial score (nSPS) is 19.7. The second-order valence-electron chi connectivity index (χ2n) is 8.78. The molecule has 3 atom stereocenters. The molecule has 0 radical (unpaired) electrons. The first-order chi connectivity index (χ1) is 16.5. The van der Waals surface area contributed by atoms with E-state index in [1.54, 1.807) is 6.92 Å². The van der Waals surface area contributed by atoms with Crippen molar-refractivity contribution in [1.29, 1.82) is 0 Å². The van der Waals surface area contributed by atoms with E-state index >= 15 is 0 Å². The van der Waals surface area contributed by atoms with Crippen LogP contribution in [0.15, 0.2) is 48.5 Å². The maximum absolute atomic E-state index is 12.3. The van der Waals surface area contributed by atoms with E-state index in [2.05, 4.69) is 34.9 Å². The average Bonchev–Trinajstić information content (AvgIpc) is 3.44. The Morgan fingerprint density at radius 1 is 1.06 bits per heavy atom. The van der Waals surface area contributed by atoms with Gasteiger partial charge in [0.05, 0.1) is 24.5 Å². The fourth-order valence-electron chi connectivity index (χ4n) is 4.65. The Morgan fingerprint density at radius 3 is 2.32 bits per heavy atom. The third kappa shape index (κ3) is 5.22. The largest absolute Gasteiger partial charge is 0.481 e. The molecule has 2 aromatic carbocycles. The van der Waals surface area contributed by atoms with Gasteiger partial charge in [-0.3, -0.25) is 9.59 Å². The van der Waals surface area contributed by atoms with Crippen molar-refractivity contribution in [2.75, 3.05) is 26.3 Å². The second-order valence-corrected chi connectivity index (χ2v) is 8.78. The van der Waals surface area contributed by atoms with E-state index in [4.69, 9.17) is 14.6 Å². The number of carbonyl (C=O) groups is 3. The average molecular weight is 467 g/mol. The number of amides is 2. The Balaban J connectivity index is 1.22. The molecule has 8 nitrogen and oxygen atoms in total. The van der Waals surface area contributed by atoms with Crippen LogP contribution in [0.3, 0.4) is 0 Å². The maximum atomic E-state index is 12.3. The van der Waals surface area contributed by atoms with Gasteiger partial charge < -0.3 is 25.2 Å². The van der Waals surface area contributed by atoms with Crippen LogP contribution in [-0.2, 0) is 19.1 Å². The molecule has 180 valence electrons. The van der Waals surface area contributed by atoms with Crippen molar-refractivity contribution in [1.82, 2.24) is 10.6 Å². The van der Waals surface area contributed by atoms with Gasteiger partial charge in [-0.05, 0) is 35.1 Å². The molecule has 0 bridgehead atoms. The van der Waals surface area contributed by atoms with Crippen LogP contribution in [-0.4, -0.2) is 55.5 Å². The zero-order chi connectivity index (χ0) is 24.1. The lowest BCUT2D eigenvalue weighted by molar-refractivity contribution is -0.141. The monoisotopic (exact) mass is 466 g/mol. The van der Waals surface area contributed by atoms with Gasteiger partial charge in [-0.25, -0.2) is 4.79 Å². The fraction of sp³-hybridized carbons (Fsp3) is 0.423. The first kappa shape index (κ1) is 23.8. The third-order valence-corrected chi connectivity index (χ3v) is 6.63. The SMILES string of the molecule is CCC(CNC(=O)[C@@H]1CO[C@H](CNC(=O)OCC2c3ccccc3-c3ccccc32)C1)C(=O)O. The van der Waals surface area contributed by atoms with Crippen LogP contribution in [0.2, 0.25) is 0 Å². The predicted molar refractivity (Wildman–Crippen MR) is 125 cm³/mol. The summed E-state index contributed by atoms with van der Waals surface area (Å²) in [6, 6.07) is 16.3. The molecule has 8 heteroatoms. The molecule has 0 spiro atoms. The summed E-state index contributed by atoms with van der Waals surface area (Å²) < 4.78 is 11.2. The topological polar surface area (TPSA) is 114 Å². The summed E-state index contributed by atoms with van der Waals surface area (Å²) in [7, 11) is 0. The van der Waals surface area contributed by atoms with Crippen molar-refractivity contribution in [3.8, 4) is 11.1 Å². The first-order valence-electron chi connectivity index (χ1n) is 11.7. The number of hydrogen-bond acceptors (Lipinski definition) is 5. The first-order valence-corrected chi connectivity index (χ1v) is 11.7. The highest BCUT2D eigenvalue weighted by atomic mass is 16.5. The van der Waals surface area contributed by atoms with Gasteiger partial charge in [-0.1, -0.05) is 55.5 Å². The molecule has 2 amide bonds. The van der Waals surface area contributed by atoms with E-state index < -0.39 is 18.0 Å². The third-order valence-electron chi connectivity index (χ3n) is 6.63. The summed E-state index contributed by atoms with van der Waals surface area (Å²) in [5, 5.41) is 14.5. The summed E-state index contributed by atoms with van der Waals surface area (Å²) in [4.78, 5) is 35.8. The smallest absolute Gasteiger partial charge is 0.407 e. The number of carboxylic acid groups (broad SMARTS) is 1. The molecule has 1 fully saturated rings. The van der Waals surface area contributed by atoms with E-state index in [-0.39, 0.29) is 50.2 Å². The van der Waals surface area contributed by atoms with E-state index in [0.29, 0.717) is 12.8 Å². The summed E-state index contributed by atoms with van der Waals surface area (Å²) in [6.07, 6.45) is 0.0892. The molecule has 1 heterocycles. The van der Waals surface area contributed by atoms with Crippen molar-refractivity contribution in [2.45, 2.75) is 31.8 Å². The van der Waals surface area contributed by atoms with Crippen molar-refractivity contribution in [3.63, 3.8) is 0 Å². The molecular weight excluding hydrogens is 436 g/mol. The number of carboxylic acids is 1. The molecule has 0 saturated carbocycles. The lowest BCUT2D eigenvalue weighted by Crippen LogP contribution is -2.37. The van der Waals surface area contributed by atoms with Crippen LogP contribution in [0.5, 0.6) is 0 Å². The highest BCUT2D eigenvalue weighted by Gasteiger charge is 2.32. The Hall–Kier alpha value is -3.39. The van der Waals surface area contributed by atoms with Crippen molar-refractivity contribution in [2.24, 2.45) is 11.8 Å². The zero-order valence-corrected chi connectivity index (χ0v) is 19.2. The molecular formula is C26H30N2O6. The number of fused-ring (bicyclic) bond motifs is 3. The van der Waals surface area contributed by atoms with Crippen molar-refractivity contribution < 1.29 is 29.0 Å². The Labute approximate surface area is 198 Å². The summed E-state index contributed by atoms with van der Waals surface area (Å²) in [5.74, 6) is -2.11. The molecule has 34 heavy (non-hydrogen) atoms. The van der Waals surface area contributed by atoms with Gasteiger partial charge in [0.1, 0.15) is 6.61 Å². The highest BCUT2D eigenvalue weighted by molar-refractivity contribution is 5.80. The van der Waals surface area contributed by atoms with Gasteiger partial charge in [0.2, 0.25) is 5.91 Å². The number of hydrogen-bond donors (Lipinski definition) is 3. The van der Waals surface area contributed by atoms with Crippen molar-refractivity contribution >= 4 is 18.0 Å². The van der Waals surface area contributed by atoms with Crippen LogP contribution in [0.25, 0.3) is 11.1 Å². The molecule has 4 rings (SSSR count). The quantitative estimate of drug-likeness (QED) is 0.523. The van der Waals surface area contributed by atoms with Gasteiger partial charge in [0.15, 0.2) is 0 Å². The minimum absolute atomic E-state index is 0.00768. The van der Waals surface area contributed by atoms with Gasteiger partial charge in [-0.15, -0.1) is 0 Å². The van der Waals surface area contributed by atoms with Gasteiger partial charge in [-0.2, -0.15) is 0 Å². The van der Waals surface area contributed by atoms with Crippen LogP contribution < -0.4 is 10.6 Å². The number of ether oxygens (including phenoxy) is 2. The van der Waals surface area contributed by atoms with Crippen LogP contribution in [0.1, 0.15) is 36.8 Å². The van der Waals surface area contributed by atoms with E-state index in [0.717, 1.165) is 11.1 Å². The number of nitrogens with one attached hydrogen (secondary N) is 2. The van der Waals surface area contributed by atoms with Crippen molar-refractivity contribution in [3.05, 3.63) is 59.7 Å². The highest BCUT2D eigenvalue weighted by Crippen LogP contribution is 2.44. The van der Waals surface area contributed by atoms with Crippen LogP contribution >= 0.6 is 0 Å². The Kier molecular flexibility index (Phi) is 7.47. The summed E-state index contributed by atoms with van der Waals surface area (Å²) >= 11 is 0. The van der Waals surface area contributed by atoms with Gasteiger partial charge in [0, 0.05) is 19.0 Å². The minimum Gasteiger partial charge on any atom is -0.481 e. The molecule has 1 aliphatic heterocycles. The summed E-state index contributed by atoms with van der Waals surface area (Å²) in [5.41, 5.74) is 4.64. The standard InChI is InChI=1S/C26H30N2O6/c1-2-16(25(30)31)12-27-24(29)17-11-18(33-14-17)13-28-26(32)34-15-23-21-9-5-3-7-19(21)20-8-4-6-10-22(20)23/h3-10,16-18,23H,2,11-15H2,1H3,(H,27,29)(H,28,32)(H,30,31)/t16?,17-,18-/m0/s1. The molecule has 1 unspecified atom stereocenters. The number of benzene rings is 2. The van der Waals surface area contributed by atoms with Gasteiger partial charge >= 0.3 is 12.1 Å². The Bertz CT molecular complexity index is 1010. The predicted octanol–water partition coefficient (Wildman–Crippen LogP) is 3.16. The summed E-state index contributed by atoms with van der Waals surface area (Å²) in [6.45, 7) is 2.59. The molecule has 3 N–H and O–H groups in total. The molecule has 1 saturated heterocycles. The van der Waals surface area contributed by atoms with Gasteiger partial charge in [0.25, 0.3) is 0 Å². The second kappa shape index (κ2) is 10.7. The molecule has 2 aliphatic rings. The van der Waals surface area contributed by atoms with Crippen LogP contribution in [0.4, 0.5) is 4.79 Å². The maximum Gasteiger partial charge on any atom is 0.407 e. The fourth-order valence-corrected chi connectivity index (χ4v) is 4.65. The van der Waals surface area contributed by atoms with E-state index in [1.165, 1.54) is 11.1 Å². The number of carbonyl (C=O) groups excluding carboxylic acids is 2. The lowest BCUT2D eigenvalue weighted by atomic mass is 9.98. The lowest BCUT2D eigenvalue weighted by Gasteiger charge is -2.16. The molecule has 2 aromatic rings. The molecule has 0 aromatic heterocycles. The molecule has 1 aliphatic carbocycles. The minimum atomic E-state index is -0.921. The van der Waals surface area contributed by atoms with E-state index in [9.17, 15) is 14.4 Å². The zero-order valence-electron chi connectivity index (χ0n) is 19.2.